The molecule has 602 valence electrons. The molecule has 0 aliphatic carbocycles. The van der Waals surface area contributed by atoms with Crippen molar-refractivity contribution in [1.29, 1.82) is 0 Å². The number of hydrogen-bond acceptors (Lipinski definition) is 14. The molecule has 0 radical (unpaired) electrons. The van der Waals surface area contributed by atoms with Gasteiger partial charge in [0, 0.05) is 19.3 Å². The Labute approximate surface area is 638 Å². The molecule has 18 heteroatoms. The minimum Gasteiger partial charge on any atom is -0.463 e. The molecule has 0 aliphatic heterocycles. The van der Waals surface area contributed by atoms with Gasteiger partial charge in [-0.25, -0.2) is 9.13 Å². The molecule has 0 aromatic carbocycles. The maximum Gasteiger partial charge on any atom is 0.472 e. The number of ether oxygens (including phenoxy) is 3. The maximum atomic E-state index is 13.0. The van der Waals surface area contributed by atoms with Gasteiger partial charge in [-0.3, -0.25) is 32.5 Å². The van der Waals surface area contributed by atoms with Crippen molar-refractivity contribution >= 4 is 33.6 Å². The topological polar surface area (TPSA) is 231 Å². The Kier molecular flexibility index (Phi) is 75.6. The highest BCUT2D eigenvalue weighted by molar-refractivity contribution is 7.47. The minimum absolute atomic E-state index is 0.0844. The molecule has 0 bridgehead atoms. The van der Waals surface area contributed by atoms with Gasteiger partial charge in [0.2, 0.25) is 0 Å². The number of esters is 3. The first-order valence-corrected chi connectivity index (χ1v) is 44.1. The third-order valence-electron chi connectivity index (χ3n) is 17.0. The van der Waals surface area contributed by atoms with Crippen LogP contribution in [0.3, 0.4) is 0 Å². The van der Waals surface area contributed by atoms with E-state index in [4.69, 9.17) is 32.3 Å². The zero-order valence-corrected chi connectivity index (χ0v) is 67.6. The fourth-order valence-corrected chi connectivity index (χ4v) is 12.4. The second-order valence-electron chi connectivity index (χ2n) is 27.2. The number of phosphoric acid groups is 2. The van der Waals surface area contributed by atoms with Gasteiger partial charge in [0.25, 0.3) is 0 Å². The Hall–Kier alpha value is -4.57. The van der Waals surface area contributed by atoms with Gasteiger partial charge in [0.15, 0.2) is 6.10 Å². The molecular formula is C87H148O16P2. The highest BCUT2D eigenvalue weighted by atomic mass is 31.2. The van der Waals surface area contributed by atoms with Crippen LogP contribution in [-0.4, -0.2) is 95.9 Å². The Bertz CT molecular complexity index is 2490. The normalized spacial score (nSPS) is 14.7. The Morgan fingerprint density at radius 3 is 0.838 bits per heavy atom. The second kappa shape index (κ2) is 79.0. The number of allylic oxidation sites excluding steroid dienone is 24. The molecule has 0 saturated heterocycles. The lowest BCUT2D eigenvalue weighted by Crippen LogP contribution is -2.30. The SMILES string of the molecule is CC/C=C\C/C=C\C/C=C\C/C=C\C/C=C\C/C=C\CCCCCCCCCCCCCCC(=O)OCC(O)COP(=O)(O)OCC(O)COP(=O)(O)OCC(COC(=O)CCCCCCCCCCC/C=C\C/C=C\C/C=C\C/C=C\CCCCC)OC(=O)CCCCCCC/C=C\C/C=C\CCC. The molecule has 5 unspecified atom stereocenters. The molecule has 0 aromatic heterocycles. The van der Waals surface area contributed by atoms with Gasteiger partial charge in [-0.2, -0.15) is 0 Å². The van der Waals surface area contributed by atoms with Crippen LogP contribution in [0.5, 0.6) is 0 Å². The van der Waals surface area contributed by atoms with Crippen molar-refractivity contribution in [1.82, 2.24) is 0 Å². The third-order valence-corrected chi connectivity index (χ3v) is 18.9. The van der Waals surface area contributed by atoms with Crippen LogP contribution in [0.25, 0.3) is 0 Å². The number of carbonyl (C=O) groups is 3. The summed E-state index contributed by atoms with van der Waals surface area (Å²) in [5.74, 6) is -1.60. The number of carbonyl (C=O) groups excluding carboxylic acids is 3. The van der Waals surface area contributed by atoms with Gasteiger partial charge in [-0.15, -0.1) is 0 Å². The lowest BCUT2D eigenvalue weighted by atomic mass is 10.0. The predicted molar refractivity (Wildman–Crippen MR) is 436 cm³/mol. The molecule has 0 fully saturated rings. The molecule has 105 heavy (non-hydrogen) atoms. The molecule has 16 nitrogen and oxygen atoms in total. The number of aliphatic hydroxyl groups excluding tert-OH is 2. The summed E-state index contributed by atoms with van der Waals surface area (Å²) in [6.45, 7) is 2.46. The number of phosphoric ester groups is 2. The summed E-state index contributed by atoms with van der Waals surface area (Å²) in [4.78, 5) is 58.7. The van der Waals surface area contributed by atoms with Crippen molar-refractivity contribution in [2.75, 3.05) is 39.6 Å². The van der Waals surface area contributed by atoms with E-state index in [0.29, 0.717) is 19.3 Å². The first kappa shape index (κ1) is 100. The standard InChI is InChI=1S/C87H148O16P2/c1-4-7-10-13-16-19-22-25-27-29-31-33-35-37-38-39-40-41-42-44-46-47-49-51-53-56-58-61-64-67-70-73-85(90)97-76-82(88)77-99-104(93,94)100-78-83(89)79-101-105(95,96)102-81-84(103-87(92)75-72-69-66-63-60-55-24-21-18-15-12-9-6-3)80-98-86(91)74-71-68-65-62-59-57-54-52-50-48-45-43-36-34-32-30-28-26-23-20-17-14-11-8-5-2/h7,10,12,15-17,19-21,24-28,31-34,37-38,40-41,43,45,82-84,88-89H,4-6,8-9,11,13-14,18,22-23,29-30,35-36,39,42,44,46-81H2,1-3H3,(H,93,94)(H,95,96)/b10-7-,15-12-,19-16-,20-17-,24-21-,27-25-,28-26-,33-31-,34-32-,38-37-,41-40-,45-43-. The largest absolute Gasteiger partial charge is 0.472 e. The third kappa shape index (κ3) is 80.3. The van der Waals surface area contributed by atoms with Gasteiger partial charge in [0.05, 0.1) is 26.4 Å². The minimum atomic E-state index is -4.94. The molecule has 5 atom stereocenters. The molecule has 0 aliphatic rings. The number of hydrogen-bond donors (Lipinski definition) is 4. The van der Waals surface area contributed by atoms with Crippen LogP contribution < -0.4 is 0 Å². The summed E-state index contributed by atoms with van der Waals surface area (Å²) in [6, 6.07) is 0. The van der Waals surface area contributed by atoms with Gasteiger partial charge >= 0.3 is 33.6 Å². The van der Waals surface area contributed by atoms with E-state index in [9.17, 15) is 43.5 Å². The predicted octanol–water partition coefficient (Wildman–Crippen LogP) is 24.4. The maximum absolute atomic E-state index is 13.0. The average Bonchev–Trinajstić information content (AvgIpc) is 0.913. The van der Waals surface area contributed by atoms with Crippen molar-refractivity contribution in [3.05, 3.63) is 146 Å². The first-order valence-electron chi connectivity index (χ1n) is 41.1. The highest BCUT2D eigenvalue weighted by Crippen LogP contribution is 2.45. The fraction of sp³-hybridized carbons (Fsp3) is 0.690. The summed E-state index contributed by atoms with van der Waals surface area (Å²) >= 11 is 0. The van der Waals surface area contributed by atoms with E-state index in [-0.39, 0.29) is 19.3 Å². The van der Waals surface area contributed by atoms with Gasteiger partial charge in [-0.05, 0) is 141 Å². The van der Waals surface area contributed by atoms with Crippen LogP contribution in [0.1, 0.15) is 329 Å². The van der Waals surface area contributed by atoms with E-state index >= 15 is 0 Å². The van der Waals surface area contributed by atoms with Crippen molar-refractivity contribution in [2.45, 2.75) is 347 Å². The quantitative estimate of drug-likeness (QED) is 0.0146. The molecule has 0 saturated carbocycles. The monoisotopic (exact) mass is 1510 g/mol. The van der Waals surface area contributed by atoms with E-state index < -0.39 is 91.5 Å². The average molecular weight is 1510 g/mol. The molecule has 0 spiro atoms. The summed E-state index contributed by atoms with van der Waals surface area (Å²) in [5.41, 5.74) is 0. The second-order valence-corrected chi connectivity index (χ2v) is 30.1. The van der Waals surface area contributed by atoms with Crippen molar-refractivity contribution < 1.29 is 75.8 Å². The summed E-state index contributed by atoms with van der Waals surface area (Å²) in [5, 5.41) is 20.6. The van der Waals surface area contributed by atoms with Crippen molar-refractivity contribution in [2.24, 2.45) is 0 Å². The Morgan fingerprint density at radius 1 is 0.276 bits per heavy atom. The van der Waals surface area contributed by atoms with E-state index in [2.05, 4.69) is 167 Å². The first-order chi connectivity index (χ1) is 51.2. The lowest BCUT2D eigenvalue weighted by molar-refractivity contribution is -0.161. The van der Waals surface area contributed by atoms with E-state index in [0.717, 1.165) is 167 Å². The highest BCUT2D eigenvalue weighted by Gasteiger charge is 2.29. The summed E-state index contributed by atoms with van der Waals surface area (Å²) in [7, 11) is -9.80. The zero-order valence-electron chi connectivity index (χ0n) is 65.9. The van der Waals surface area contributed by atoms with Crippen LogP contribution >= 0.6 is 15.6 Å². The van der Waals surface area contributed by atoms with Crippen LogP contribution in [0.4, 0.5) is 0 Å². The van der Waals surface area contributed by atoms with Crippen LogP contribution in [0.2, 0.25) is 0 Å². The van der Waals surface area contributed by atoms with Crippen molar-refractivity contribution in [3.8, 4) is 0 Å². The number of rotatable bonds is 77. The molecule has 0 heterocycles. The molecule has 0 aromatic rings. The molecular weight excluding hydrogens is 1360 g/mol. The Balaban J connectivity index is 4.48. The lowest BCUT2D eigenvalue weighted by Gasteiger charge is -2.21. The van der Waals surface area contributed by atoms with Crippen LogP contribution in [0, 0.1) is 0 Å². The summed E-state index contributed by atoms with van der Waals surface area (Å²) < 4.78 is 61.2. The van der Waals surface area contributed by atoms with E-state index in [1.807, 2.05) is 0 Å². The van der Waals surface area contributed by atoms with Crippen LogP contribution in [0.15, 0.2) is 146 Å². The number of aliphatic hydroxyl groups is 2. The summed E-state index contributed by atoms with van der Waals surface area (Å²) in [6.07, 6.45) is 97.6. The molecule has 0 rings (SSSR count). The smallest absolute Gasteiger partial charge is 0.463 e. The zero-order chi connectivity index (χ0) is 76.6. The van der Waals surface area contributed by atoms with E-state index in [1.165, 1.54) is 103 Å². The molecule has 0 amide bonds. The van der Waals surface area contributed by atoms with Gasteiger partial charge < -0.3 is 34.2 Å². The van der Waals surface area contributed by atoms with Gasteiger partial charge in [0.1, 0.15) is 25.4 Å². The fourth-order valence-electron chi connectivity index (χ4n) is 10.8. The van der Waals surface area contributed by atoms with Crippen molar-refractivity contribution in [3.63, 3.8) is 0 Å². The Morgan fingerprint density at radius 2 is 0.524 bits per heavy atom. The number of unbranched alkanes of at least 4 members (excludes halogenated alkanes) is 30. The van der Waals surface area contributed by atoms with E-state index in [1.54, 1.807) is 0 Å². The van der Waals surface area contributed by atoms with Gasteiger partial charge in [-0.1, -0.05) is 314 Å². The molecule has 4 N–H and O–H groups in total. The van der Waals surface area contributed by atoms with Crippen LogP contribution in [-0.2, 0) is 55.8 Å².